The lowest BCUT2D eigenvalue weighted by Gasteiger charge is -2.30. The number of hydrogen-bond donors (Lipinski definition) is 0. The Morgan fingerprint density at radius 3 is 2.94 bits per heavy atom. The molecule has 0 bridgehead atoms. The number of rotatable bonds is 2. The van der Waals surface area contributed by atoms with Crippen LogP contribution in [0, 0.1) is 0 Å². The van der Waals surface area contributed by atoms with Crippen LogP contribution in [0.5, 0.6) is 0 Å². The SMILES string of the molecule is O=CC(=O)C1=C2C=C3CCCCC3N=C2CCC1. The second-order valence-electron chi connectivity index (χ2n) is 5.28. The first-order valence-corrected chi connectivity index (χ1v) is 6.80. The molecule has 3 heteroatoms. The lowest BCUT2D eigenvalue weighted by atomic mass is 9.80. The van der Waals surface area contributed by atoms with Gasteiger partial charge >= 0.3 is 0 Å². The molecule has 94 valence electrons. The van der Waals surface area contributed by atoms with Gasteiger partial charge in [-0.15, -0.1) is 0 Å². The predicted octanol–water partition coefficient (Wildman–Crippen LogP) is 2.56. The molecule has 1 atom stereocenters. The highest BCUT2D eigenvalue weighted by atomic mass is 16.2. The van der Waals surface area contributed by atoms with Crippen molar-refractivity contribution in [1.29, 1.82) is 0 Å². The van der Waals surface area contributed by atoms with E-state index >= 15 is 0 Å². The molecule has 1 aliphatic heterocycles. The highest BCUT2D eigenvalue weighted by molar-refractivity contribution is 6.35. The Bertz CT molecular complexity index is 497. The highest BCUT2D eigenvalue weighted by Gasteiger charge is 2.29. The maximum Gasteiger partial charge on any atom is 0.222 e. The van der Waals surface area contributed by atoms with E-state index in [9.17, 15) is 9.59 Å². The van der Waals surface area contributed by atoms with Crippen molar-refractivity contribution in [1.82, 2.24) is 0 Å². The predicted molar refractivity (Wildman–Crippen MR) is 69.7 cm³/mol. The third-order valence-corrected chi connectivity index (χ3v) is 4.14. The summed E-state index contributed by atoms with van der Waals surface area (Å²) in [7, 11) is 0. The van der Waals surface area contributed by atoms with Gasteiger partial charge in [-0.1, -0.05) is 12.5 Å². The van der Waals surface area contributed by atoms with E-state index in [4.69, 9.17) is 4.99 Å². The molecule has 1 fully saturated rings. The third-order valence-electron chi connectivity index (χ3n) is 4.14. The molecule has 1 heterocycles. The quantitative estimate of drug-likeness (QED) is 0.552. The fraction of sp³-hybridized carbons (Fsp3) is 0.533. The van der Waals surface area contributed by atoms with Gasteiger partial charge in [-0.3, -0.25) is 14.6 Å². The van der Waals surface area contributed by atoms with Crippen LogP contribution in [0.3, 0.4) is 0 Å². The van der Waals surface area contributed by atoms with Crippen LogP contribution >= 0.6 is 0 Å². The first-order valence-electron chi connectivity index (χ1n) is 6.80. The van der Waals surface area contributed by atoms with Gasteiger partial charge in [-0.05, 0) is 44.1 Å². The van der Waals surface area contributed by atoms with Gasteiger partial charge in [-0.2, -0.15) is 0 Å². The smallest absolute Gasteiger partial charge is 0.222 e. The minimum Gasteiger partial charge on any atom is -0.294 e. The van der Waals surface area contributed by atoms with E-state index in [2.05, 4.69) is 6.08 Å². The molecule has 0 radical (unpaired) electrons. The average molecular weight is 243 g/mol. The van der Waals surface area contributed by atoms with Crippen LogP contribution in [0.25, 0.3) is 0 Å². The lowest BCUT2D eigenvalue weighted by molar-refractivity contribution is -0.127. The van der Waals surface area contributed by atoms with E-state index in [1.54, 1.807) is 0 Å². The first kappa shape index (κ1) is 11.6. The normalized spacial score (nSPS) is 26.8. The van der Waals surface area contributed by atoms with Crippen LogP contribution in [0.4, 0.5) is 0 Å². The Morgan fingerprint density at radius 1 is 1.22 bits per heavy atom. The fourth-order valence-electron chi connectivity index (χ4n) is 3.22. The van der Waals surface area contributed by atoms with E-state index in [-0.39, 0.29) is 5.78 Å². The van der Waals surface area contributed by atoms with Gasteiger partial charge in [-0.25, -0.2) is 0 Å². The Hall–Kier alpha value is -1.51. The van der Waals surface area contributed by atoms with Crippen molar-refractivity contribution < 1.29 is 9.59 Å². The third kappa shape index (κ3) is 1.88. The van der Waals surface area contributed by atoms with Gasteiger partial charge in [0.25, 0.3) is 0 Å². The monoisotopic (exact) mass is 243 g/mol. The van der Waals surface area contributed by atoms with Crippen molar-refractivity contribution in [3.63, 3.8) is 0 Å². The van der Waals surface area contributed by atoms with Gasteiger partial charge in [0.15, 0.2) is 6.29 Å². The van der Waals surface area contributed by atoms with Crippen molar-refractivity contribution >= 4 is 17.8 Å². The first-order chi connectivity index (χ1) is 8.79. The molecule has 1 unspecified atom stereocenters. The maximum atomic E-state index is 11.7. The number of carbonyl (C=O) groups is 2. The summed E-state index contributed by atoms with van der Waals surface area (Å²) in [6.07, 6.45) is 9.90. The molecule has 0 amide bonds. The van der Waals surface area contributed by atoms with Crippen molar-refractivity contribution in [2.24, 2.45) is 4.99 Å². The Balaban J connectivity index is 2.04. The topological polar surface area (TPSA) is 46.5 Å². The van der Waals surface area contributed by atoms with Crippen LogP contribution in [-0.4, -0.2) is 23.8 Å². The van der Waals surface area contributed by atoms with E-state index in [0.717, 1.165) is 43.4 Å². The van der Waals surface area contributed by atoms with E-state index in [1.807, 2.05) is 0 Å². The number of Topliss-reactive ketones (excluding diaryl/α,β-unsaturated/α-hetero) is 1. The van der Waals surface area contributed by atoms with Crippen molar-refractivity contribution in [3.8, 4) is 0 Å². The largest absolute Gasteiger partial charge is 0.294 e. The number of carbonyl (C=O) groups excluding carboxylic acids is 2. The van der Waals surface area contributed by atoms with Crippen molar-refractivity contribution in [2.45, 2.75) is 51.0 Å². The zero-order chi connectivity index (χ0) is 12.5. The van der Waals surface area contributed by atoms with E-state index in [0.29, 0.717) is 17.9 Å². The summed E-state index contributed by atoms with van der Waals surface area (Å²) in [6.45, 7) is 0. The molecule has 0 N–H and O–H groups in total. The number of aliphatic imine (C=N–C) groups is 1. The molecule has 0 spiro atoms. The summed E-state index contributed by atoms with van der Waals surface area (Å²) in [5.74, 6) is -0.358. The Kier molecular flexibility index (Phi) is 2.98. The molecule has 0 aromatic rings. The van der Waals surface area contributed by atoms with Crippen LogP contribution in [0.1, 0.15) is 44.9 Å². The minimum absolute atomic E-state index is 0.350. The molecule has 18 heavy (non-hydrogen) atoms. The second-order valence-corrected chi connectivity index (χ2v) is 5.28. The summed E-state index contributed by atoms with van der Waals surface area (Å²) < 4.78 is 0. The highest BCUT2D eigenvalue weighted by Crippen LogP contribution is 2.35. The molecule has 0 aromatic carbocycles. The molecular formula is C15H17NO2. The summed E-state index contributed by atoms with van der Waals surface area (Å²) in [6, 6.07) is 0.350. The number of hydrogen-bond acceptors (Lipinski definition) is 3. The zero-order valence-electron chi connectivity index (χ0n) is 10.4. The van der Waals surface area contributed by atoms with Gasteiger partial charge in [0.2, 0.25) is 5.78 Å². The molecule has 0 saturated heterocycles. The summed E-state index contributed by atoms with van der Waals surface area (Å²) in [5.41, 5.74) is 4.07. The van der Waals surface area contributed by atoms with Crippen molar-refractivity contribution in [3.05, 3.63) is 22.8 Å². The number of dihydropyridines is 1. The van der Waals surface area contributed by atoms with Gasteiger partial charge < -0.3 is 0 Å². The summed E-state index contributed by atoms with van der Waals surface area (Å²) >= 11 is 0. The number of nitrogens with zero attached hydrogens (tertiary/aromatic N) is 1. The summed E-state index contributed by atoms with van der Waals surface area (Å²) in [4.78, 5) is 27.2. The van der Waals surface area contributed by atoms with Gasteiger partial charge in [0, 0.05) is 16.9 Å². The average Bonchev–Trinajstić information content (AvgIpc) is 2.43. The Morgan fingerprint density at radius 2 is 2.11 bits per heavy atom. The molecule has 1 saturated carbocycles. The minimum atomic E-state index is -0.358. The number of ketones is 1. The number of fused-ring (bicyclic) bond motifs is 2. The van der Waals surface area contributed by atoms with Gasteiger partial charge in [0.05, 0.1) is 6.04 Å². The summed E-state index contributed by atoms with van der Waals surface area (Å²) in [5, 5.41) is 0. The van der Waals surface area contributed by atoms with Crippen LogP contribution in [0.2, 0.25) is 0 Å². The van der Waals surface area contributed by atoms with Crippen LogP contribution in [-0.2, 0) is 9.59 Å². The molecule has 2 aliphatic carbocycles. The number of aldehydes is 1. The number of allylic oxidation sites excluding steroid dienone is 3. The zero-order valence-corrected chi connectivity index (χ0v) is 10.4. The standard InChI is InChI=1S/C15H17NO2/c17-9-15(18)11-5-3-7-14-12(11)8-10-4-1-2-6-13(10)16-14/h8-9,13H,1-7H2. The molecule has 3 aliphatic rings. The lowest BCUT2D eigenvalue weighted by Crippen LogP contribution is -2.26. The maximum absolute atomic E-state index is 11.7. The molecule has 3 nitrogen and oxygen atoms in total. The van der Waals surface area contributed by atoms with Crippen LogP contribution < -0.4 is 0 Å². The van der Waals surface area contributed by atoms with Crippen molar-refractivity contribution in [2.75, 3.05) is 0 Å². The van der Waals surface area contributed by atoms with E-state index in [1.165, 1.54) is 18.4 Å². The molecule has 0 aromatic heterocycles. The van der Waals surface area contributed by atoms with E-state index < -0.39 is 0 Å². The van der Waals surface area contributed by atoms with Gasteiger partial charge in [0.1, 0.15) is 0 Å². The molecule has 3 rings (SSSR count). The Labute approximate surface area is 107 Å². The van der Waals surface area contributed by atoms with Crippen LogP contribution in [0.15, 0.2) is 27.8 Å². The molecular weight excluding hydrogens is 226 g/mol. The fourth-order valence-corrected chi connectivity index (χ4v) is 3.22. The second kappa shape index (κ2) is 4.63.